The van der Waals surface area contributed by atoms with Gasteiger partial charge in [0.2, 0.25) is 0 Å². The second-order valence-electron chi connectivity index (χ2n) is 12.9. The molecule has 1 aliphatic heterocycles. The molecule has 0 saturated carbocycles. The highest BCUT2D eigenvalue weighted by atomic mass is 32.2. The summed E-state index contributed by atoms with van der Waals surface area (Å²) in [5.41, 5.74) is 3.23. The number of nitrogens with zero attached hydrogens (tertiary/aromatic N) is 2. The summed E-state index contributed by atoms with van der Waals surface area (Å²) < 4.78 is 37.2. The Labute approximate surface area is 257 Å². The summed E-state index contributed by atoms with van der Waals surface area (Å²) in [6.45, 7) is 13.7. The van der Waals surface area contributed by atoms with Gasteiger partial charge in [-0.15, -0.1) is 0 Å². The van der Waals surface area contributed by atoms with Crippen molar-refractivity contribution in [2.24, 2.45) is 0 Å². The number of fused-ring (bicyclic) bond motifs is 1. The minimum atomic E-state index is -4.01. The quantitative estimate of drug-likeness (QED) is 0.179. The molecule has 0 amide bonds. The van der Waals surface area contributed by atoms with Gasteiger partial charge in [0.15, 0.2) is 14.1 Å². The number of para-hydroxylation sites is 1. The first-order valence-corrected chi connectivity index (χ1v) is 19.3. The Morgan fingerprint density at radius 2 is 1.53 bits per heavy atom. The van der Waals surface area contributed by atoms with Gasteiger partial charge in [-0.05, 0) is 66.9 Å². The van der Waals surface area contributed by atoms with Crippen LogP contribution < -0.4 is 0 Å². The van der Waals surface area contributed by atoms with Crippen molar-refractivity contribution in [3.05, 3.63) is 114 Å². The number of aromatic nitrogens is 1. The van der Waals surface area contributed by atoms with Crippen LogP contribution in [-0.4, -0.2) is 38.0 Å². The van der Waals surface area contributed by atoms with Gasteiger partial charge >= 0.3 is 0 Å². The summed E-state index contributed by atoms with van der Waals surface area (Å²) >= 11 is 0. The smallest absolute Gasteiger partial charge is 0.268 e. The lowest BCUT2D eigenvalue weighted by molar-refractivity contribution is -0.116. The van der Waals surface area contributed by atoms with E-state index in [1.54, 1.807) is 30.3 Å². The summed E-state index contributed by atoms with van der Waals surface area (Å²) in [6, 6.07) is 25.7. The Morgan fingerprint density at radius 3 is 2.19 bits per heavy atom. The van der Waals surface area contributed by atoms with E-state index in [4.69, 9.17) is 4.43 Å². The highest BCUT2D eigenvalue weighted by Gasteiger charge is 2.39. The molecule has 2 heterocycles. The van der Waals surface area contributed by atoms with Crippen molar-refractivity contribution < 1.29 is 17.6 Å². The molecule has 8 heteroatoms. The van der Waals surface area contributed by atoms with Crippen LogP contribution in [0.25, 0.3) is 10.9 Å². The number of carbonyl (C=O) groups is 1. The molecule has 0 unspecified atom stereocenters. The molecule has 0 radical (unpaired) electrons. The van der Waals surface area contributed by atoms with Gasteiger partial charge in [0.05, 0.1) is 28.2 Å². The van der Waals surface area contributed by atoms with E-state index in [0.29, 0.717) is 24.2 Å². The third kappa shape index (κ3) is 6.01. The Bertz CT molecular complexity index is 1740. The highest BCUT2D eigenvalue weighted by molar-refractivity contribution is 7.90. The van der Waals surface area contributed by atoms with Crippen molar-refractivity contribution >= 4 is 35.0 Å². The second kappa shape index (κ2) is 11.9. The molecular weight excluding hydrogens is 573 g/mol. The first-order valence-electron chi connectivity index (χ1n) is 14.9. The SMILES string of the molecule is C[C@@H](c1ccccc1)N1C=CC(=O)C[C@@H]1c1c(CCO[Si](C)(C)C(C)(C)C)c2ccccc2n1S(=O)(=O)c1ccccc1. The van der Waals surface area contributed by atoms with Gasteiger partial charge in [-0.1, -0.05) is 87.5 Å². The predicted octanol–water partition coefficient (Wildman–Crippen LogP) is 8.03. The average molecular weight is 615 g/mol. The molecule has 6 nitrogen and oxygen atoms in total. The Hall–Kier alpha value is -3.46. The van der Waals surface area contributed by atoms with Gasteiger partial charge in [-0.25, -0.2) is 12.4 Å². The normalized spacial score (nSPS) is 17.0. The summed E-state index contributed by atoms with van der Waals surface area (Å²) in [7, 11) is -6.06. The fourth-order valence-electron chi connectivity index (χ4n) is 5.65. The van der Waals surface area contributed by atoms with Crippen molar-refractivity contribution in [2.75, 3.05) is 6.61 Å². The summed E-state index contributed by atoms with van der Waals surface area (Å²) in [5, 5.41) is 0.911. The third-order valence-corrected chi connectivity index (χ3v) is 15.4. The zero-order valence-electron chi connectivity index (χ0n) is 25.9. The molecule has 0 N–H and O–H groups in total. The average Bonchev–Trinajstić information content (AvgIpc) is 3.32. The molecule has 5 rings (SSSR count). The van der Waals surface area contributed by atoms with E-state index in [1.165, 1.54) is 3.97 Å². The lowest BCUT2D eigenvalue weighted by atomic mass is 9.94. The number of hydrogen-bond acceptors (Lipinski definition) is 5. The van der Waals surface area contributed by atoms with Gasteiger partial charge in [-0.2, -0.15) is 0 Å². The van der Waals surface area contributed by atoms with E-state index in [2.05, 4.69) is 57.8 Å². The van der Waals surface area contributed by atoms with Crippen LogP contribution in [0.3, 0.4) is 0 Å². The Kier molecular flexibility index (Phi) is 8.58. The number of allylic oxidation sites excluding steroid dienone is 1. The number of carbonyl (C=O) groups excluding carboxylic acids is 1. The van der Waals surface area contributed by atoms with Crippen LogP contribution in [-0.2, 0) is 25.7 Å². The van der Waals surface area contributed by atoms with Crippen molar-refractivity contribution in [3.8, 4) is 0 Å². The lowest BCUT2D eigenvalue weighted by Gasteiger charge is -2.39. The molecule has 2 atom stereocenters. The van der Waals surface area contributed by atoms with Gasteiger partial charge in [-0.3, -0.25) is 4.79 Å². The molecule has 0 bridgehead atoms. The van der Waals surface area contributed by atoms with Crippen LogP contribution in [0, 0.1) is 0 Å². The van der Waals surface area contributed by atoms with Crippen LogP contribution in [0.15, 0.2) is 102 Å². The summed E-state index contributed by atoms with van der Waals surface area (Å²) in [6.07, 6.45) is 4.14. The van der Waals surface area contributed by atoms with Crippen molar-refractivity contribution in [1.29, 1.82) is 0 Å². The standard InChI is InChI=1S/C35H42N2O4SSi/c1-26(27-15-9-7-10-16-27)36-23-21-28(38)25-33(36)34-31(22-24-41-43(5,6)35(2,3)4)30-19-13-14-20-32(30)37(34)42(39,40)29-17-11-8-12-18-29/h7-21,23,26,33H,22,24-25H2,1-6H3/t26-,33+/m0/s1. The molecule has 1 aliphatic rings. The predicted molar refractivity (Wildman–Crippen MR) is 176 cm³/mol. The fourth-order valence-corrected chi connectivity index (χ4v) is 8.32. The molecule has 3 aromatic carbocycles. The van der Waals surface area contributed by atoms with E-state index in [1.807, 2.05) is 54.7 Å². The van der Waals surface area contributed by atoms with Gasteiger partial charge in [0, 0.05) is 24.6 Å². The van der Waals surface area contributed by atoms with Crippen LogP contribution in [0.1, 0.15) is 63.0 Å². The highest BCUT2D eigenvalue weighted by Crippen LogP contribution is 2.43. The van der Waals surface area contributed by atoms with Crippen molar-refractivity contribution in [2.45, 2.75) is 75.6 Å². The Morgan fingerprint density at radius 1 is 0.930 bits per heavy atom. The zero-order chi connectivity index (χ0) is 31.0. The molecule has 0 saturated heterocycles. The van der Waals surface area contributed by atoms with E-state index in [9.17, 15) is 13.2 Å². The van der Waals surface area contributed by atoms with Gasteiger partial charge in [0.1, 0.15) is 0 Å². The Balaban J connectivity index is 1.73. The first-order chi connectivity index (χ1) is 20.3. The van der Waals surface area contributed by atoms with E-state index in [0.717, 1.165) is 16.5 Å². The van der Waals surface area contributed by atoms with Crippen molar-refractivity contribution in [3.63, 3.8) is 0 Å². The van der Waals surface area contributed by atoms with E-state index < -0.39 is 24.4 Å². The minimum absolute atomic E-state index is 0.0288. The van der Waals surface area contributed by atoms with Crippen LogP contribution in [0.2, 0.25) is 18.1 Å². The van der Waals surface area contributed by atoms with Crippen LogP contribution in [0.4, 0.5) is 0 Å². The molecular formula is C35H42N2O4SSi. The fraction of sp³-hybridized carbons (Fsp3) is 0.343. The maximum Gasteiger partial charge on any atom is 0.268 e. The number of hydrogen-bond donors (Lipinski definition) is 0. The maximum atomic E-state index is 14.5. The van der Waals surface area contributed by atoms with Gasteiger partial charge in [0.25, 0.3) is 10.0 Å². The minimum Gasteiger partial charge on any atom is -0.416 e. The second-order valence-corrected chi connectivity index (χ2v) is 19.5. The lowest BCUT2D eigenvalue weighted by Crippen LogP contribution is -2.41. The van der Waals surface area contributed by atoms with E-state index in [-0.39, 0.29) is 28.2 Å². The molecule has 1 aromatic heterocycles. The van der Waals surface area contributed by atoms with Gasteiger partial charge < -0.3 is 9.33 Å². The first kappa shape index (κ1) is 31.0. The number of benzene rings is 3. The third-order valence-electron chi connectivity index (χ3n) is 9.11. The largest absolute Gasteiger partial charge is 0.416 e. The van der Waals surface area contributed by atoms with Crippen LogP contribution in [0.5, 0.6) is 0 Å². The summed E-state index contributed by atoms with van der Waals surface area (Å²) in [5.74, 6) is -0.0288. The summed E-state index contributed by atoms with van der Waals surface area (Å²) in [4.78, 5) is 15.4. The molecule has 0 spiro atoms. The number of ketones is 1. The molecule has 0 fully saturated rings. The molecule has 226 valence electrons. The molecule has 4 aromatic rings. The molecule has 0 aliphatic carbocycles. The molecule has 43 heavy (non-hydrogen) atoms. The van der Waals surface area contributed by atoms with E-state index >= 15 is 0 Å². The maximum absolute atomic E-state index is 14.5. The number of rotatable bonds is 9. The van der Waals surface area contributed by atoms with Crippen molar-refractivity contribution in [1.82, 2.24) is 8.87 Å². The zero-order valence-corrected chi connectivity index (χ0v) is 27.8. The topological polar surface area (TPSA) is 68.6 Å². The monoisotopic (exact) mass is 614 g/mol. The van der Waals surface area contributed by atoms with Crippen LogP contribution >= 0.6 is 0 Å².